The maximum absolute atomic E-state index is 12.3. The standard InChI is InChI=1S/C40H69O10P/c1-3-5-7-9-11-13-15-16-17-18-19-20-22-24-26-28-30-32-40(44)50-38(34-42)36-48-51(45,46)47-35-37(33-41)49-39(43)31-29-27-25-23-21-14-12-10-8-6-4-2/h5,7,10-13,16-17,19-20,37-38,41-42H,3-4,6,8-9,14-15,18,21-36H2,1-2H3,(H,45,46)/b7-5-,12-10-,13-11-,17-16-,20-19-. The van der Waals surface area contributed by atoms with Crippen molar-refractivity contribution >= 4 is 19.8 Å². The van der Waals surface area contributed by atoms with Gasteiger partial charge in [-0.25, -0.2) is 4.57 Å². The fraction of sp³-hybridized carbons (Fsp3) is 0.700. The Balaban J connectivity index is 4.04. The molecule has 0 aliphatic carbocycles. The van der Waals surface area contributed by atoms with E-state index in [1.165, 1.54) is 12.8 Å². The molecule has 3 atom stereocenters. The van der Waals surface area contributed by atoms with E-state index in [1.54, 1.807) is 0 Å². The zero-order chi connectivity index (χ0) is 37.7. The monoisotopic (exact) mass is 740 g/mol. The van der Waals surface area contributed by atoms with Gasteiger partial charge in [0, 0.05) is 12.8 Å². The van der Waals surface area contributed by atoms with E-state index >= 15 is 0 Å². The maximum atomic E-state index is 12.3. The quantitative estimate of drug-likeness (QED) is 0.0248. The highest BCUT2D eigenvalue weighted by molar-refractivity contribution is 7.47. The minimum Gasteiger partial charge on any atom is -0.457 e. The third-order valence-electron chi connectivity index (χ3n) is 7.71. The SMILES string of the molecule is CC/C=C\C/C=C\C/C=C\C/C=C\CCCCCCC(=O)OC(CO)COP(=O)(O)OCC(CO)OC(=O)CCCCCCC/C=C\CCCC. The first-order valence-corrected chi connectivity index (χ1v) is 20.7. The zero-order valence-electron chi connectivity index (χ0n) is 31.5. The Morgan fingerprint density at radius 1 is 0.549 bits per heavy atom. The Kier molecular flexibility index (Phi) is 34.4. The number of carbonyl (C=O) groups is 2. The molecule has 51 heavy (non-hydrogen) atoms. The van der Waals surface area contributed by atoms with Gasteiger partial charge in [0.1, 0.15) is 12.2 Å². The van der Waals surface area contributed by atoms with Crippen molar-refractivity contribution in [3.05, 3.63) is 60.8 Å². The van der Waals surface area contributed by atoms with Crippen molar-refractivity contribution in [1.29, 1.82) is 0 Å². The van der Waals surface area contributed by atoms with Gasteiger partial charge in [0.2, 0.25) is 0 Å². The van der Waals surface area contributed by atoms with Gasteiger partial charge in [-0.2, -0.15) is 0 Å². The predicted molar refractivity (Wildman–Crippen MR) is 205 cm³/mol. The van der Waals surface area contributed by atoms with Crippen LogP contribution in [0.5, 0.6) is 0 Å². The van der Waals surface area contributed by atoms with Crippen LogP contribution in [0.15, 0.2) is 60.8 Å². The number of hydrogen-bond acceptors (Lipinski definition) is 9. The normalized spacial score (nSPS) is 14.7. The van der Waals surface area contributed by atoms with E-state index in [0.717, 1.165) is 89.9 Å². The molecule has 0 radical (unpaired) electrons. The maximum Gasteiger partial charge on any atom is 0.472 e. The van der Waals surface area contributed by atoms with E-state index in [2.05, 4.69) is 74.6 Å². The summed E-state index contributed by atoms with van der Waals surface area (Å²) in [5.41, 5.74) is 0. The topological polar surface area (TPSA) is 149 Å². The average molecular weight is 741 g/mol. The van der Waals surface area contributed by atoms with Gasteiger partial charge in [0.25, 0.3) is 0 Å². The molecule has 0 aromatic heterocycles. The molecule has 0 aromatic rings. The van der Waals surface area contributed by atoms with Crippen LogP contribution in [0.3, 0.4) is 0 Å². The molecule has 0 aliphatic rings. The van der Waals surface area contributed by atoms with E-state index in [1.807, 2.05) is 0 Å². The van der Waals surface area contributed by atoms with Gasteiger partial charge in [0.05, 0.1) is 26.4 Å². The fourth-order valence-electron chi connectivity index (χ4n) is 4.73. The van der Waals surface area contributed by atoms with Crippen LogP contribution in [0.4, 0.5) is 0 Å². The van der Waals surface area contributed by atoms with Crippen molar-refractivity contribution in [3.8, 4) is 0 Å². The highest BCUT2D eigenvalue weighted by Crippen LogP contribution is 2.43. The third kappa shape index (κ3) is 34.5. The lowest BCUT2D eigenvalue weighted by Gasteiger charge is -2.20. The van der Waals surface area contributed by atoms with Crippen molar-refractivity contribution in [2.75, 3.05) is 26.4 Å². The average Bonchev–Trinajstić information content (AvgIpc) is 3.12. The van der Waals surface area contributed by atoms with Crippen molar-refractivity contribution in [2.24, 2.45) is 0 Å². The summed E-state index contributed by atoms with van der Waals surface area (Å²) < 4.78 is 32.4. The highest BCUT2D eigenvalue weighted by Gasteiger charge is 2.27. The third-order valence-corrected chi connectivity index (χ3v) is 8.66. The first-order chi connectivity index (χ1) is 24.8. The molecule has 11 heteroatoms. The summed E-state index contributed by atoms with van der Waals surface area (Å²) in [5, 5.41) is 19.1. The number of esters is 2. The van der Waals surface area contributed by atoms with Crippen molar-refractivity contribution in [1.82, 2.24) is 0 Å². The van der Waals surface area contributed by atoms with Gasteiger partial charge >= 0.3 is 19.8 Å². The Bertz CT molecular complexity index is 1040. The van der Waals surface area contributed by atoms with Crippen LogP contribution in [-0.2, 0) is 32.7 Å². The first kappa shape index (κ1) is 48.7. The molecule has 0 spiro atoms. The van der Waals surface area contributed by atoms with Crippen LogP contribution in [0.2, 0.25) is 0 Å². The van der Waals surface area contributed by atoms with E-state index in [0.29, 0.717) is 12.8 Å². The highest BCUT2D eigenvalue weighted by atomic mass is 31.2. The molecule has 3 unspecified atom stereocenters. The van der Waals surface area contributed by atoms with Gasteiger partial charge in [-0.15, -0.1) is 0 Å². The Morgan fingerprint density at radius 2 is 0.922 bits per heavy atom. The largest absolute Gasteiger partial charge is 0.472 e. The van der Waals surface area contributed by atoms with Crippen LogP contribution >= 0.6 is 7.82 Å². The van der Waals surface area contributed by atoms with Crippen molar-refractivity contribution < 1.29 is 47.8 Å². The number of unbranched alkanes of at least 4 members (excludes halogenated alkanes) is 11. The molecule has 10 nitrogen and oxygen atoms in total. The lowest BCUT2D eigenvalue weighted by Crippen LogP contribution is -2.28. The number of rotatable bonds is 35. The van der Waals surface area contributed by atoms with Gasteiger partial charge < -0.3 is 24.6 Å². The molecule has 294 valence electrons. The lowest BCUT2D eigenvalue weighted by molar-refractivity contribution is -0.153. The Labute approximate surface area is 308 Å². The zero-order valence-corrected chi connectivity index (χ0v) is 32.4. The number of ether oxygens (including phenoxy) is 2. The van der Waals surface area contributed by atoms with Crippen molar-refractivity contribution in [2.45, 2.75) is 154 Å². The Hall–Kier alpha value is -2.33. The molecule has 0 fully saturated rings. The summed E-state index contributed by atoms with van der Waals surface area (Å²) in [6.45, 7) is 1.98. The molecular formula is C40H69O10P. The smallest absolute Gasteiger partial charge is 0.457 e. The van der Waals surface area contributed by atoms with Crippen LogP contribution < -0.4 is 0 Å². The number of allylic oxidation sites excluding steroid dienone is 10. The number of hydrogen-bond donors (Lipinski definition) is 3. The summed E-state index contributed by atoms with van der Waals surface area (Å²) in [6.07, 6.45) is 37.7. The van der Waals surface area contributed by atoms with Crippen LogP contribution in [0.25, 0.3) is 0 Å². The second-order valence-corrected chi connectivity index (χ2v) is 14.0. The van der Waals surface area contributed by atoms with E-state index < -0.39 is 58.4 Å². The summed E-state index contributed by atoms with van der Waals surface area (Å²) in [6, 6.07) is 0. The number of phosphoric acid groups is 1. The number of aliphatic hydroxyl groups is 2. The second kappa shape index (κ2) is 36.0. The van der Waals surface area contributed by atoms with Crippen LogP contribution in [0, 0.1) is 0 Å². The Morgan fingerprint density at radius 3 is 1.35 bits per heavy atom. The van der Waals surface area contributed by atoms with Crippen molar-refractivity contribution in [3.63, 3.8) is 0 Å². The molecular weight excluding hydrogens is 671 g/mol. The predicted octanol–water partition coefficient (Wildman–Crippen LogP) is 9.55. The summed E-state index contributed by atoms with van der Waals surface area (Å²) in [7, 11) is -4.64. The van der Waals surface area contributed by atoms with Gasteiger partial charge in [-0.05, 0) is 70.6 Å². The molecule has 0 amide bonds. The number of carbonyl (C=O) groups excluding carboxylic acids is 2. The number of aliphatic hydroxyl groups excluding tert-OH is 2. The summed E-state index contributed by atoms with van der Waals surface area (Å²) >= 11 is 0. The van der Waals surface area contributed by atoms with E-state index in [9.17, 15) is 29.3 Å². The molecule has 0 saturated heterocycles. The molecule has 0 saturated carbocycles. The van der Waals surface area contributed by atoms with Crippen LogP contribution in [-0.4, -0.2) is 65.7 Å². The lowest BCUT2D eigenvalue weighted by atomic mass is 10.1. The van der Waals surface area contributed by atoms with Gasteiger partial charge in [0.15, 0.2) is 0 Å². The minimum atomic E-state index is -4.64. The second-order valence-electron chi connectivity index (χ2n) is 12.5. The molecule has 0 heterocycles. The molecule has 0 bridgehead atoms. The van der Waals surface area contributed by atoms with E-state index in [-0.39, 0.29) is 12.8 Å². The van der Waals surface area contributed by atoms with Gasteiger partial charge in [-0.1, -0.05) is 120 Å². The molecule has 3 N–H and O–H groups in total. The summed E-state index contributed by atoms with van der Waals surface area (Å²) in [5.74, 6) is -1.06. The first-order valence-electron chi connectivity index (χ1n) is 19.2. The minimum absolute atomic E-state index is 0.161. The van der Waals surface area contributed by atoms with E-state index in [4.69, 9.17) is 18.5 Å². The molecule has 0 rings (SSSR count). The van der Waals surface area contributed by atoms with Crippen LogP contribution in [0.1, 0.15) is 142 Å². The summed E-state index contributed by atoms with van der Waals surface area (Å²) in [4.78, 5) is 34.3. The fourth-order valence-corrected chi connectivity index (χ4v) is 5.52. The molecule has 0 aliphatic heterocycles. The molecule has 0 aromatic carbocycles. The van der Waals surface area contributed by atoms with Gasteiger partial charge in [-0.3, -0.25) is 18.6 Å². The number of phosphoric ester groups is 1.